The number of aliphatic hydroxyl groups excluding tert-OH is 1. The average Bonchev–Trinajstić information content (AvgIpc) is 2.63. The Balaban J connectivity index is 1.93. The monoisotopic (exact) mass is 358 g/mol. The van der Waals surface area contributed by atoms with Gasteiger partial charge in [0.25, 0.3) is 0 Å². The van der Waals surface area contributed by atoms with Crippen LogP contribution in [0.15, 0.2) is 48.7 Å². The number of para-hydroxylation sites is 1. The molecule has 25 heavy (non-hydrogen) atoms. The SMILES string of the molecule is C[C@@H](Nc1c(Cl)cnc2ccccc12)c1cc(CCCO)ccc1F. The number of rotatable bonds is 6. The van der Waals surface area contributed by atoms with E-state index in [4.69, 9.17) is 16.7 Å². The van der Waals surface area contributed by atoms with Crippen LogP contribution in [0.4, 0.5) is 10.1 Å². The maximum absolute atomic E-state index is 14.3. The van der Waals surface area contributed by atoms with Crippen molar-refractivity contribution in [1.29, 1.82) is 0 Å². The lowest BCUT2D eigenvalue weighted by atomic mass is 10.0. The number of halogens is 2. The molecule has 0 saturated heterocycles. The number of hydrogen-bond acceptors (Lipinski definition) is 3. The largest absolute Gasteiger partial charge is 0.396 e. The quantitative estimate of drug-likeness (QED) is 0.642. The number of aromatic nitrogens is 1. The Kier molecular flexibility index (Phi) is 5.51. The first-order valence-corrected chi connectivity index (χ1v) is 8.67. The molecule has 5 heteroatoms. The molecule has 3 rings (SSSR count). The lowest BCUT2D eigenvalue weighted by Crippen LogP contribution is -2.10. The Morgan fingerprint density at radius 1 is 1.24 bits per heavy atom. The zero-order valence-corrected chi connectivity index (χ0v) is 14.7. The first-order valence-electron chi connectivity index (χ1n) is 8.29. The molecular formula is C20H20ClFN2O. The number of aryl methyl sites for hydroxylation is 1. The van der Waals surface area contributed by atoms with Crippen LogP contribution in [0, 0.1) is 5.82 Å². The zero-order valence-electron chi connectivity index (χ0n) is 14.0. The lowest BCUT2D eigenvalue weighted by Gasteiger charge is -2.19. The molecular weight excluding hydrogens is 339 g/mol. The molecule has 0 aliphatic heterocycles. The van der Waals surface area contributed by atoms with Gasteiger partial charge in [-0.1, -0.05) is 41.9 Å². The van der Waals surface area contributed by atoms with Crippen molar-refractivity contribution in [2.45, 2.75) is 25.8 Å². The first kappa shape index (κ1) is 17.6. The predicted molar refractivity (Wildman–Crippen MR) is 101 cm³/mol. The molecule has 0 saturated carbocycles. The molecule has 2 aromatic carbocycles. The van der Waals surface area contributed by atoms with Crippen molar-refractivity contribution in [2.24, 2.45) is 0 Å². The Hall–Kier alpha value is -2.17. The van der Waals surface area contributed by atoms with Crippen LogP contribution in [0.5, 0.6) is 0 Å². The average molecular weight is 359 g/mol. The minimum Gasteiger partial charge on any atom is -0.396 e. The van der Waals surface area contributed by atoms with E-state index < -0.39 is 0 Å². The van der Waals surface area contributed by atoms with Crippen molar-refractivity contribution in [3.63, 3.8) is 0 Å². The second-order valence-corrected chi connectivity index (χ2v) is 6.45. The van der Waals surface area contributed by atoms with Crippen molar-refractivity contribution in [3.05, 3.63) is 70.6 Å². The van der Waals surface area contributed by atoms with Crippen LogP contribution in [0.25, 0.3) is 10.9 Å². The van der Waals surface area contributed by atoms with Crippen molar-refractivity contribution in [1.82, 2.24) is 4.98 Å². The van der Waals surface area contributed by atoms with E-state index in [1.807, 2.05) is 37.3 Å². The molecule has 1 atom stereocenters. The van der Waals surface area contributed by atoms with Gasteiger partial charge < -0.3 is 10.4 Å². The molecule has 0 radical (unpaired) electrons. The topological polar surface area (TPSA) is 45.2 Å². The lowest BCUT2D eigenvalue weighted by molar-refractivity contribution is 0.288. The van der Waals surface area contributed by atoms with Crippen LogP contribution in [0.1, 0.15) is 30.5 Å². The van der Waals surface area contributed by atoms with Gasteiger partial charge in [0.15, 0.2) is 0 Å². The van der Waals surface area contributed by atoms with E-state index in [-0.39, 0.29) is 18.5 Å². The van der Waals surface area contributed by atoms with E-state index in [9.17, 15) is 4.39 Å². The smallest absolute Gasteiger partial charge is 0.128 e. The van der Waals surface area contributed by atoms with E-state index >= 15 is 0 Å². The van der Waals surface area contributed by atoms with Gasteiger partial charge in [0, 0.05) is 23.8 Å². The van der Waals surface area contributed by atoms with Gasteiger partial charge in [-0.25, -0.2) is 4.39 Å². The fourth-order valence-electron chi connectivity index (χ4n) is 2.92. The maximum Gasteiger partial charge on any atom is 0.128 e. The number of nitrogens with zero attached hydrogens (tertiary/aromatic N) is 1. The number of fused-ring (bicyclic) bond motifs is 1. The van der Waals surface area contributed by atoms with E-state index in [0.29, 0.717) is 17.0 Å². The predicted octanol–water partition coefficient (Wildman–Crippen LogP) is 5.13. The summed E-state index contributed by atoms with van der Waals surface area (Å²) in [6.45, 7) is 2.03. The van der Waals surface area contributed by atoms with Gasteiger partial charge in [0.05, 0.1) is 22.3 Å². The Labute approximate surface area is 151 Å². The second-order valence-electron chi connectivity index (χ2n) is 6.05. The molecule has 130 valence electrons. The third kappa shape index (κ3) is 3.91. The van der Waals surface area contributed by atoms with Crippen LogP contribution in [-0.4, -0.2) is 16.7 Å². The number of hydrogen-bond donors (Lipinski definition) is 2. The highest BCUT2D eigenvalue weighted by Crippen LogP contribution is 2.33. The van der Waals surface area contributed by atoms with Crippen molar-refractivity contribution in [3.8, 4) is 0 Å². The van der Waals surface area contributed by atoms with Gasteiger partial charge in [-0.3, -0.25) is 4.98 Å². The van der Waals surface area contributed by atoms with Crippen molar-refractivity contribution in [2.75, 3.05) is 11.9 Å². The van der Waals surface area contributed by atoms with Gasteiger partial charge >= 0.3 is 0 Å². The standard InChI is InChI=1S/C20H20ClFN2O/c1-13(16-11-14(5-4-10-25)8-9-18(16)22)24-20-15-6-2-3-7-19(15)23-12-17(20)21/h2-3,6-9,11-13,25H,4-5,10H2,1H3,(H,23,24)/t13-/m1/s1. The molecule has 0 fully saturated rings. The van der Waals surface area contributed by atoms with Crippen molar-refractivity contribution < 1.29 is 9.50 Å². The second kappa shape index (κ2) is 7.81. The minimum atomic E-state index is -0.266. The molecule has 3 nitrogen and oxygen atoms in total. The molecule has 0 aliphatic rings. The summed E-state index contributed by atoms with van der Waals surface area (Å²) >= 11 is 6.33. The summed E-state index contributed by atoms with van der Waals surface area (Å²) in [5.41, 5.74) is 3.16. The van der Waals surface area contributed by atoms with Crippen LogP contribution in [-0.2, 0) is 6.42 Å². The third-order valence-electron chi connectivity index (χ3n) is 4.24. The third-order valence-corrected chi connectivity index (χ3v) is 4.53. The minimum absolute atomic E-state index is 0.124. The normalized spacial score (nSPS) is 12.3. The van der Waals surface area contributed by atoms with E-state index in [1.165, 1.54) is 6.07 Å². The number of aliphatic hydroxyl groups is 1. The molecule has 3 aromatic rings. The highest BCUT2D eigenvalue weighted by atomic mass is 35.5. The van der Waals surface area contributed by atoms with E-state index in [2.05, 4.69) is 10.3 Å². The summed E-state index contributed by atoms with van der Waals surface area (Å²) in [5.74, 6) is -0.262. The molecule has 0 bridgehead atoms. The molecule has 2 N–H and O–H groups in total. The van der Waals surface area contributed by atoms with Crippen LogP contribution < -0.4 is 5.32 Å². The molecule has 1 heterocycles. The van der Waals surface area contributed by atoms with Crippen LogP contribution >= 0.6 is 11.6 Å². The Morgan fingerprint density at radius 2 is 2.04 bits per heavy atom. The van der Waals surface area contributed by atoms with Crippen LogP contribution in [0.3, 0.4) is 0 Å². The van der Waals surface area contributed by atoms with Gasteiger partial charge in [-0.15, -0.1) is 0 Å². The van der Waals surface area contributed by atoms with Gasteiger partial charge in [0.2, 0.25) is 0 Å². The molecule has 0 unspecified atom stereocenters. The first-order chi connectivity index (χ1) is 12.1. The van der Waals surface area contributed by atoms with E-state index in [1.54, 1.807) is 12.3 Å². The van der Waals surface area contributed by atoms with Crippen LogP contribution in [0.2, 0.25) is 5.02 Å². The summed E-state index contributed by atoms with van der Waals surface area (Å²) < 4.78 is 14.3. The number of benzene rings is 2. The number of pyridine rings is 1. The fraction of sp³-hybridized carbons (Fsp3) is 0.250. The number of anilines is 1. The molecule has 1 aromatic heterocycles. The number of nitrogens with one attached hydrogen (secondary N) is 1. The van der Waals surface area contributed by atoms with Gasteiger partial charge in [-0.05, 0) is 37.5 Å². The highest BCUT2D eigenvalue weighted by molar-refractivity contribution is 6.34. The van der Waals surface area contributed by atoms with Gasteiger partial charge in [-0.2, -0.15) is 0 Å². The summed E-state index contributed by atoms with van der Waals surface area (Å²) in [7, 11) is 0. The van der Waals surface area contributed by atoms with Crippen molar-refractivity contribution >= 4 is 28.2 Å². The van der Waals surface area contributed by atoms with Gasteiger partial charge in [0.1, 0.15) is 5.82 Å². The fourth-order valence-corrected chi connectivity index (χ4v) is 3.13. The molecule has 0 spiro atoms. The molecule has 0 amide bonds. The summed E-state index contributed by atoms with van der Waals surface area (Å²) in [6, 6.07) is 12.5. The maximum atomic E-state index is 14.3. The highest BCUT2D eigenvalue weighted by Gasteiger charge is 2.15. The summed E-state index contributed by atoms with van der Waals surface area (Å²) in [6.07, 6.45) is 2.98. The Morgan fingerprint density at radius 3 is 2.84 bits per heavy atom. The Bertz CT molecular complexity index is 885. The summed E-state index contributed by atoms with van der Waals surface area (Å²) in [4.78, 5) is 4.32. The van der Waals surface area contributed by atoms with E-state index in [0.717, 1.165) is 28.6 Å². The summed E-state index contributed by atoms with van der Waals surface area (Å²) in [5, 5.41) is 13.7. The zero-order chi connectivity index (χ0) is 17.8. The molecule has 0 aliphatic carbocycles.